The third-order valence-electron chi connectivity index (χ3n) is 4.58. The molecule has 1 aliphatic heterocycles. The van der Waals surface area contributed by atoms with Gasteiger partial charge in [-0.25, -0.2) is 0 Å². The van der Waals surface area contributed by atoms with Crippen molar-refractivity contribution in [1.82, 2.24) is 10.3 Å². The summed E-state index contributed by atoms with van der Waals surface area (Å²) in [6, 6.07) is 16.9. The van der Waals surface area contributed by atoms with E-state index in [0.29, 0.717) is 0 Å². The number of aryl methyl sites for hydroxylation is 2. The minimum atomic E-state index is 0.0346. The van der Waals surface area contributed by atoms with Crippen LogP contribution in [0.25, 0.3) is 0 Å². The van der Waals surface area contributed by atoms with Crippen molar-refractivity contribution >= 4 is 34.4 Å². The van der Waals surface area contributed by atoms with Crippen LogP contribution >= 0.6 is 23.6 Å². The van der Waals surface area contributed by atoms with Gasteiger partial charge in [0.2, 0.25) is 0 Å². The highest BCUT2D eigenvalue weighted by atomic mass is 32.1. The highest BCUT2D eigenvalue weighted by Gasteiger charge is 2.41. The number of benzene rings is 1. The zero-order chi connectivity index (χ0) is 17.4. The Labute approximate surface area is 157 Å². The number of hydrogen-bond acceptors (Lipinski definition) is 3. The number of nitrogens with one attached hydrogen (secondary N) is 1. The van der Waals surface area contributed by atoms with Gasteiger partial charge in [-0.2, -0.15) is 0 Å². The molecule has 1 fully saturated rings. The van der Waals surface area contributed by atoms with Crippen LogP contribution in [0.1, 0.15) is 33.8 Å². The first-order valence-electron chi connectivity index (χ1n) is 8.26. The Morgan fingerprint density at radius 1 is 1.08 bits per heavy atom. The Bertz CT molecular complexity index is 887. The van der Waals surface area contributed by atoms with E-state index in [-0.39, 0.29) is 12.1 Å². The first-order chi connectivity index (χ1) is 12.1. The molecule has 0 unspecified atom stereocenters. The Balaban J connectivity index is 1.83. The Morgan fingerprint density at radius 2 is 1.88 bits per heavy atom. The fourth-order valence-corrected chi connectivity index (χ4v) is 4.69. The minimum absolute atomic E-state index is 0.0346. The third kappa shape index (κ3) is 2.94. The lowest BCUT2D eigenvalue weighted by Gasteiger charge is -2.27. The van der Waals surface area contributed by atoms with E-state index >= 15 is 0 Å². The summed E-state index contributed by atoms with van der Waals surface area (Å²) < 4.78 is 0. The fourth-order valence-electron chi connectivity index (χ4n) is 3.29. The lowest BCUT2D eigenvalue weighted by molar-refractivity contribution is 0.573. The quantitative estimate of drug-likeness (QED) is 0.666. The van der Waals surface area contributed by atoms with Crippen molar-refractivity contribution in [2.24, 2.45) is 0 Å². The normalized spacial score (nSPS) is 19.9. The molecule has 1 aliphatic rings. The minimum Gasteiger partial charge on any atom is -0.351 e. The van der Waals surface area contributed by atoms with Crippen LogP contribution < -0.4 is 10.2 Å². The fraction of sp³-hybridized carbons (Fsp3) is 0.200. The van der Waals surface area contributed by atoms with Gasteiger partial charge in [0, 0.05) is 16.8 Å². The first-order valence-corrected chi connectivity index (χ1v) is 9.55. The number of aromatic nitrogens is 1. The van der Waals surface area contributed by atoms with Crippen LogP contribution in [0.5, 0.6) is 0 Å². The Morgan fingerprint density at radius 3 is 2.52 bits per heavy atom. The SMILES string of the molecule is Cc1ccc(N2C(=S)N[C@H](c3ccccn3)[C@H]2c2sccc2C)cc1. The number of nitrogens with zero attached hydrogens (tertiary/aromatic N) is 2. The second-order valence-electron chi connectivity index (χ2n) is 6.30. The van der Waals surface area contributed by atoms with Gasteiger partial charge in [0.1, 0.15) is 0 Å². The van der Waals surface area contributed by atoms with Crippen molar-refractivity contribution in [1.29, 1.82) is 0 Å². The molecule has 1 saturated heterocycles. The molecule has 0 saturated carbocycles. The molecule has 3 aromatic rings. The largest absolute Gasteiger partial charge is 0.351 e. The summed E-state index contributed by atoms with van der Waals surface area (Å²) in [4.78, 5) is 8.13. The summed E-state index contributed by atoms with van der Waals surface area (Å²) >= 11 is 7.50. The van der Waals surface area contributed by atoms with Crippen LogP contribution in [0.2, 0.25) is 0 Å². The summed E-state index contributed by atoms with van der Waals surface area (Å²) in [6.07, 6.45) is 1.84. The van der Waals surface area contributed by atoms with E-state index in [1.165, 1.54) is 16.0 Å². The molecule has 25 heavy (non-hydrogen) atoms. The van der Waals surface area contributed by atoms with Gasteiger partial charge in [-0.1, -0.05) is 23.8 Å². The number of hydrogen-bond donors (Lipinski definition) is 1. The van der Waals surface area contributed by atoms with E-state index in [0.717, 1.165) is 16.5 Å². The predicted molar refractivity (Wildman–Crippen MR) is 108 cm³/mol. The summed E-state index contributed by atoms with van der Waals surface area (Å²) in [5, 5.41) is 6.40. The second kappa shape index (κ2) is 6.58. The summed E-state index contributed by atoms with van der Waals surface area (Å²) in [6.45, 7) is 4.26. The van der Waals surface area contributed by atoms with Crippen LogP contribution in [0.3, 0.4) is 0 Å². The average Bonchev–Trinajstić information content (AvgIpc) is 3.19. The predicted octanol–water partition coefficient (Wildman–Crippen LogP) is 4.94. The van der Waals surface area contributed by atoms with Gasteiger partial charge < -0.3 is 10.2 Å². The Kier molecular flexibility index (Phi) is 4.27. The molecule has 0 radical (unpaired) electrons. The van der Waals surface area contributed by atoms with E-state index in [1.54, 1.807) is 11.3 Å². The van der Waals surface area contributed by atoms with Gasteiger partial charge in [-0.3, -0.25) is 4.98 Å². The highest BCUT2D eigenvalue weighted by Crippen LogP contribution is 2.44. The van der Waals surface area contributed by atoms with Crippen molar-refractivity contribution in [2.75, 3.05) is 4.90 Å². The maximum absolute atomic E-state index is 5.72. The molecule has 3 nitrogen and oxygen atoms in total. The molecule has 4 rings (SSSR count). The maximum Gasteiger partial charge on any atom is 0.174 e. The molecular weight excluding hydrogens is 346 g/mol. The third-order valence-corrected chi connectivity index (χ3v) is 5.98. The van der Waals surface area contributed by atoms with Crippen LogP contribution in [0.15, 0.2) is 60.1 Å². The molecule has 126 valence electrons. The lowest BCUT2D eigenvalue weighted by atomic mass is 10.0. The molecule has 1 N–H and O–H groups in total. The van der Waals surface area contributed by atoms with Gasteiger partial charge >= 0.3 is 0 Å². The molecule has 5 heteroatoms. The smallest absolute Gasteiger partial charge is 0.174 e. The van der Waals surface area contributed by atoms with Gasteiger partial charge in [-0.05, 0) is 67.3 Å². The van der Waals surface area contributed by atoms with Crippen LogP contribution in [0, 0.1) is 13.8 Å². The van der Waals surface area contributed by atoms with Crippen LogP contribution in [-0.2, 0) is 0 Å². The molecule has 2 aromatic heterocycles. The number of thiocarbonyl (C=S) groups is 1. The van der Waals surface area contributed by atoms with Crippen molar-refractivity contribution in [3.8, 4) is 0 Å². The number of anilines is 1. The van der Waals surface area contributed by atoms with Gasteiger partial charge in [-0.15, -0.1) is 11.3 Å². The maximum atomic E-state index is 5.72. The molecule has 2 atom stereocenters. The summed E-state index contributed by atoms with van der Waals surface area (Å²) in [5.74, 6) is 0. The van der Waals surface area contributed by atoms with E-state index < -0.39 is 0 Å². The zero-order valence-corrected chi connectivity index (χ0v) is 15.8. The molecule has 0 bridgehead atoms. The van der Waals surface area contributed by atoms with Gasteiger partial charge in [0.15, 0.2) is 5.11 Å². The number of pyridine rings is 1. The van der Waals surface area contributed by atoms with E-state index in [4.69, 9.17) is 12.2 Å². The molecule has 0 amide bonds. The lowest BCUT2D eigenvalue weighted by Crippen LogP contribution is -2.29. The van der Waals surface area contributed by atoms with Gasteiger partial charge in [0.25, 0.3) is 0 Å². The highest BCUT2D eigenvalue weighted by molar-refractivity contribution is 7.80. The second-order valence-corrected chi connectivity index (χ2v) is 7.63. The van der Waals surface area contributed by atoms with E-state index in [1.807, 2.05) is 18.3 Å². The Hall–Kier alpha value is -2.24. The van der Waals surface area contributed by atoms with Gasteiger partial charge in [0.05, 0.1) is 17.8 Å². The summed E-state index contributed by atoms with van der Waals surface area (Å²) in [5.41, 5.74) is 4.66. The standard InChI is InChI=1S/C20H19N3S2/c1-13-6-8-15(9-7-13)23-18(19-14(2)10-12-25-19)17(22-20(23)24)16-5-3-4-11-21-16/h3-12,17-18H,1-2H3,(H,22,24)/t17-,18+/m1/s1. The molecule has 1 aromatic carbocycles. The van der Waals surface area contributed by atoms with E-state index in [2.05, 4.69) is 70.8 Å². The van der Waals surface area contributed by atoms with Crippen molar-refractivity contribution in [3.05, 3.63) is 81.8 Å². The average molecular weight is 366 g/mol. The van der Waals surface area contributed by atoms with Crippen molar-refractivity contribution < 1.29 is 0 Å². The monoisotopic (exact) mass is 365 g/mol. The first kappa shape index (κ1) is 16.2. The zero-order valence-electron chi connectivity index (χ0n) is 14.1. The van der Waals surface area contributed by atoms with E-state index in [9.17, 15) is 0 Å². The molecule has 0 spiro atoms. The number of thiophene rings is 1. The number of rotatable bonds is 3. The summed E-state index contributed by atoms with van der Waals surface area (Å²) in [7, 11) is 0. The molecule has 3 heterocycles. The van der Waals surface area contributed by atoms with Crippen LogP contribution in [-0.4, -0.2) is 10.1 Å². The molecule has 0 aliphatic carbocycles. The van der Waals surface area contributed by atoms with Crippen molar-refractivity contribution in [3.63, 3.8) is 0 Å². The topological polar surface area (TPSA) is 28.2 Å². The van der Waals surface area contributed by atoms with Crippen LogP contribution in [0.4, 0.5) is 5.69 Å². The molecular formula is C20H19N3S2. The van der Waals surface area contributed by atoms with Crippen molar-refractivity contribution in [2.45, 2.75) is 25.9 Å².